The first-order valence-corrected chi connectivity index (χ1v) is 8.59. The van der Waals surface area contributed by atoms with Crippen molar-refractivity contribution in [3.8, 4) is 5.69 Å². The van der Waals surface area contributed by atoms with E-state index in [0.29, 0.717) is 18.5 Å². The fourth-order valence-corrected chi connectivity index (χ4v) is 2.61. The molecule has 0 fully saturated rings. The zero-order chi connectivity index (χ0) is 17.5. The number of aliphatic carboxylic acids is 1. The largest absolute Gasteiger partial charge is 0.481 e. The third kappa shape index (κ3) is 4.92. The molecule has 2 N–H and O–H groups in total. The van der Waals surface area contributed by atoms with E-state index < -0.39 is 5.97 Å². The SMILES string of the molecule is Cc1c(C(=O)NCCCCCC(=O)O)cnn1-c1ccc(Br)cc1. The van der Waals surface area contributed by atoms with E-state index in [2.05, 4.69) is 26.3 Å². The number of aromatic nitrogens is 2. The second kappa shape index (κ2) is 8.63. The van der Waals surface area contributed by atoms with E-state index in [1.54, 1.807) is 10.9 Å². The Morgan fingerprint density at radius 2 is 1.92 bits per heavy atom. The molecule has 0 aliphatic rings. The van der Waals surface area contributed by atoms with Gasteiger partial charge >= 0.3 is 5.97 Å². The van der Waals surface area contributed by atoms with Gasteiger partial charge in [0.2, 0.25) is 0 Å². The topological polar surface area (TPSA) is 84.2 Å². The molecule has 0 saturated heterocycles. The van der Waals surface area contributed by atoms with E-state index in [1.807, 2.05) is 31.2 Å². The van der Waals surface area contributed by atoms with Gasteiger partial charge in [-0.05, 0) is 44.0 Å². The number of carboxylic acids is 1. The zero-order valence-electron chi connectivity index (χ0n) is 13.5. The van der Waals surface area contributed by atoms with Crippen LogP contribution < -0.4 is 5.32 Å². The fraction of sp³-hybridized carbons (Fsp3) is 0.353. The number of amides is 1. The highest BCUT2D eigenvalue weighted by atomic mass is 79.9. The van der Waals surface area contributed by atoms with Crippen LogP contribution in [-0.4, -0.2) is 33.3 Å². The van der Waals surface area contributed by atoms with Gasteiger partial charge in [-0.15, -0.1) is 0 Å². The number of halogens is 1. The van der Waals surface area contributed by atoms with Gasteiger partial charge in [-0.3, -0.25) is 9.59 Å². The van der Waals surface area contributed by atoms with Crippen molar-refractivity contribution in [2.24, 2.45) is 0 Å². The maximum absolute atomic E-state index is 12.2. The first-order chi connectivity index (χ1) is 11.5. The van der Waals surface area contributed by atoms with Crippen LogP contribution in [0.4, 0.5) is 0 Å². The van der Waals surface area contributed by atoms with Crippen LogP contribution >= 0.6 is 15.9 Å². The standard InChI is InChI=1S/C17H20BrN3O3/c1-12-15(17(24)19-10-4-2-3-5-16(22)23)11-20-21(12)14-8-6-13(18)7-9-14/h6-9,11H,2-5,10H2,1H3,(H,19,24)(H,22,23). The summed E-state index contributed by atoms with van der Waals surface area (Å²) >= 11 is 3.39. The molecule has 2 rings (SSSR count). The molecule has 1 aromatic carbocycles. The maximum Gasteiger partial charge on any atom is 0.303 e. The number of rotatable bonds is 8. The molecule has 128 valence electrons. The Balaban J connectivity index is 1.89. The molecule has 7 heteroatoms. The maximum atomic E-state index is 12.2. The zero-order valence-corrected chi connectivity index (χ0v) is 15.0. The Labute approximate surface area is 149 Å². The summed E-state index contributed by atoms with van der Waals surface area (Å²) in [5.41, 5.74) is 2.22. The predicted octanol–water partition coefficient (Wildman–Crippen LogP) is 3.32. The van der Waals surface area contributed by atoms with E-state index in [9.17, 15) is 9.59 Å². The van der Waals surface area contributed by atoms with Crippen LogP contribution in [0.3, 0.4) is 0 Å². The molecular formula is C17H20BrN3O3. The van der Waals surface area contributed by atoms with Crippen molar-refractivity contribution in [1.29, 1.82) is 0 Å². The number of benzene rings is 1. The van der Waals surface area contributed by atoms with Crippen LogP contribution in [0.15, 0.2) is 34.9 Å². The summed E-state index contributed by atoms with van der Waals surface area (Å²) in [5, 5.41) is 15.7. The normalized spacial score (nSPS) is 10.6. The van der Waals surface area contributed by atoms with Gasteiger partial charge in [-0.25, -0.2) is 4.68 Å². The van der Waals surface area contributed by atoms with E-state index >= 15 is 0 Å². The molecule has 0 aliphatic carbocycles. The Bertz CT molecular complexity index is 710. The molecule has 24 heavy (non-hydrogen) atoms. The average molecular weight is 394 g/mol. The Morgan fingerprint density at radius 1 is 1.21 bits per heavy atom. The van der Waals surface area contributed by atoms with Crippen molar-refractivity contribution in [2.75, 3.05) is 6.54 Å². The smallest absolute Gasteiger partial charge is 0.303 e. The molecule has 1 aromatic heterocycles. The minimum Gasteiger partial charge on any atom is -0.481 e. The Hall–Kier alpha value is -2.15. The number of hydrogen-bond donors (Lipinski definition) is 2. The Kier molecular flexibility index (Phi) is 6.54. The van der Waals surface area contributed by atoms with Gasteiger partial charge < -0.3 is 10.4 Å². The van der Waals surface area contributed by atoms with Crippen molar-refractivity contribution in [3.63, 3.8) is 0 Å². The molecule has 2 aromatic rings. The quantitative estimate of drug-likeness (QED) is 0.673. The number of carbonyl (C=O) groups excluding carboxylic acids is 1. The summed E-state index contributed by atoms with van der Waals surface area (Å²) in [5.74, 6) is -0.941. The van der Waals surface area contributed by atoms with Gasteiger partial charge in [0.05, 0.1) is 23.1 Å². The fourth-order valence-electron chi connectivity index (χ4n) is 2.35. The van der Waals surface area contributed by atoms with Gasteiger partial charge in [0.15, 0.2) is 0 Å². The lowest BCUT2D eigenvalue weighted by molar-refractivity contribution is -0.137. The lowest BCUT2D eigenvalue weighted by Gasteiger charge is -2.07. The third-order valence-corrected chi connectivity index (χ3v) is 4.21. The monoisotopic (exact) mass is 393 g/mol. The first-order valence-electron chi connectivity index (χ1n) is 7.79. The van der Waals surface area contributed by atoms with Gasteiger partial charge in [-0.1, -0.05) is 22.4 Å². The van der Waals surface area contributed by atoms with Crippen molar-refractivity contribution >= 4 is 27.8 Å². The number of nitrogens with zero attached hydrogens (tertiary/aromatic N) is 2. The van der Waals surface area contributed by atoms with Gasteiger partial charge in [0.25, 0.3) is 5.91 Å². The van der Waals surface area contributed by atoms with Gasteiger partial charge in [0.1, 0.15) is 0 Å². The first kappa shape index (κ1) is 18.2. The van der Waals surface area contributed by atoms with Crippen molar-refractivity contribution < 1.29 is 14.7 Å². The second-order valence-corrected chi connectivity index (χ2v) is 6.41. The molecule has 1 heterocycles. The lowest BCUT2D eigenvalue weighted by atomic mass is 10.2. The molecule has 0 radical (unpaired) electrons. The van der Waals surface area contributed by atoms with Crippen LogP contribution in [0, 0.1) is 6.92 Å². The van der Waals surface area contributed by atoms with Crippen LogP contribution in [0.1, 0.15) is 41.7 Å². The van der Waals surface area contributed by atoms with E-state index in [-0.39, 0.29) is 12.3 Å². The number of carboxylic acid groups (broad SMARTS) is 1. The summed E-state index contributed by atoms with van der Waals surface area (Å²) in [4.78, 5) is 22.7. The highest BCUT2D eigenvalue weighted by molar-refractivity contribution is 9.10. The minimum absolute atomic E-state index is 0.158. The van der Waals surface area contributed by atoms with Crippen LogP contribution in [-0.2, 0) is 4.79 Å². The predicted molar refractivity (Wildman–Crippen MR) is 94.4 cm³/mol. The summed E-state index contributed by atoms with van der Waals surface area (Å²) in [7, 11) is 0. The summed E-state index contributed by atoms with van der Waals surface area (Å²) in [6.07, 6.45) is 3.92. The molecule has 0 saturated carbocycles. The molecule has 6 nitrogen and oxygen atoms in total. The average Bonchev–Trinajstić information content (AvgIpc) is 2.93. The Morgan fingerprint density at radius 3 is 2.58 bits per heavy atom. The number of hydrogen-bond acceptors (Lipinski definition) is 3. The summed E-state index contributed by atoms with van der Waals surface area (Å²) in [6.45, 7) is 2.39. The number of unbranched alkanes of at least 4 members (excludes halogenated alkanes) is 2. The molecule has 0 unspecified atom stereocenters. The van der Waals surface area contributed by atoms with E-state index in [0.717, 1.165) is 28.7 Å². The van der Waals surface area contributed by atoms with Crippen LogP contribution in [0.5, 0.6) is 0 Å². The molecule has 0 atom stereocenters. The molecule has 1 amide bonds. The van der Waals surface area contributed by atoms with Crippen LogP contribution in [0.2, 0.25) is 0 Å². The van der Waals surface area contributed by atoms with E-state index in [4.69, 9.17) is 5.11 Å². The van der Waals surface area contributed by atoms with Crippen molar-refractivity contribution in [2.45, 2.75) is 32.6 Å². The summed E-state index contributed by atoms with van der Waals surface area (Å²) in [6, 6.07) is 7.70. The summed E-state index contributed by atoms with van der Waals surface area (Å²) < 4.78 is 2.71. The number of carbonyl (C=O) groups is 2. The van der Waals surface area contributed by atoms with Crippen molar-refractivity contribution in [1.82, 2.24) is 15.1 Å². The van der Waals surface area contributed by atoms with Gasteiger partial charge in [0, 0.05) is 17.4 Å². The molecular weight excluding hydrogens is 374 g/mol. The van der Waals surface area contributed by atoms with E-state index in [1.165, 1.54) is 0 Å². The number of nitrogens with one attached hydrogen (secondary N) is 1. The molecule has 0 spiro atoms. The highest BCUT2D eigenvalue weighted by Gasteiger charge is 2.14. The molecule has 0 bridgehead atoms. The third-order valence-electron chi connectivity index (χ3n) is 3.68. The lowest BCUT2D eigenvalue weighted by Crippen LogP contribution is -2.24. The van der Waals surface area contributed by atoms with Crippen LogP contribution in [0.25, 0.3) is 5.69 Å². The highest BCUT2D eigenvalue weighted by Crippen LogP contribution is 2.17. The second-order valence-electron chi connectivity index (χ2n) is 5.49. The van der Waals surface area contributed by atoms with Gasteiger partial charge in [-0.2, -0.15) is 5.10 Å². The van der Waals surface area contributed by atoms with Crippen molar-refractivity contribution in [3.05, 3.63) is 46.2 Å². The molecule has 0 aliphatic heterocycles. The minimum atomic E-state index is -0.782.